The number of benzene rings is 2. The summed E-state index contributed by atoms with van der Waals surface area (Å²) in [6.07, 6.45) is 1.67. The maximum Gasteiger partial charge on any atom is 0.162 e. The van der Waals surface area contributed by atoms with Crippen LogP contribution in [0.2, 0.25) is 0 Å². The Morgan fingerprint density at radius 1 is 1.05 bits per heavy atom. The molecule has 0 aliphatic carbocycles. The average Bonchev–Trinajstić information content (AvgIpc) is 3.31. The molecule has 1 heterocycles. The van der Waals surface area contributed by atoms with Crippen molar-refractivity contribution in [2.24, 2.45) is 0 Å². The first kappa shape index (κ1) is 12.9. The summed E-state index contributed by atoms with van der Waals surface area (Å²) < 4.78 is 10.8. The molecule has 1 saturated heterocycles. The summed E-state index contributed by atoms with van der Waals surface area (Å²) in [5.41, 5.74) is 0.728. The van der Waals surface area contributed by atoms with E-state index >= 15 is 0 Å². The Bertz CT molecular complexity index is 571. The van der Waals surface area contributed by atoms with Gasteiger partial charge in [0, 0.05) is 12.0 Å². The normalized spacial score (nSPS) is 16.7. The zero-order valence-electron chi connectivity index (χ0n) is 11.1. The maximum absolute atomic E-state index is 12.0. The van der Waals surface area contributed by atoms with Crippen LogP contribution in [0.15, 0.2) is 54.6 Å². The molecule has 0 bridgehead atoms. The van der Waals surface area contributed by atoms with Gasteiger partial charge in [-0.05, 0) is 42.8 Å². The van der Waals surface area contributed by atoms with Gasteiger partial charge in [0.1, 0.15) is 11.5 Å². The van der Waals surface area contributed by atoms with Gasteiger partial charge in [0.25, 0.3) is 0 Å². The topological polar surface area (TPSA) is 38.8 Å². The Morgan fingerprint density at radius 3 is 2.35 bits per heavy atom. The predicted molar refractivity (Wildman–Crippen MR) is 76.3 cm³/mol. The van der Waals surface area contributed by atoms with Crippen molar-refractivity contribution < 1.29 is 14.3 Å². The third kappa shape index (κ3) is 3.45. The Balaban J connectivity index is 1.60. The summed E-state index contributed by atoms with van der Waals surface area (Å²) in [5.74, 6) is 1.68. The number of ether oxygens (including phenoxy) is 2. The SMILES string of the molecule is O=C(CCC1CO1)c1ccc(Oc2ccccc2)cc1. The van der Waals surface area contributed by atoms with Gasteiger partial charge in [-0.1, -0.05) is 18.2 Å². The van der Waals surface area contributed by atoms with Gasteiger partial charge in [-0.25, -0.2) is 0 Å². The van der Waals surface area contributed by atoms with Gasteiger partial charge in [-0.3, -0.25) is 4.79 Å². The molecule has 1 fully saturated rings. The fourth-order valence-electron chi connectivity index (χ4n) is 2.00. The number of hydrogen-bond donors (Lipinski definition) is 0. The molecule has 1 aliphatic rings. The smallest absolute Gasteiger partial charge is 0.162 e. The van der Waals surface area contributed by atoms with Crippen LogP contribution in [0.25, 0.3) is 0 Å². The molecule has 20 heavy (non-hydrogen) atoms. The second-order valence-electron chi connectivity index (χ2n) is 4.86. The lowest BCUT2D eigenvalue weighted by Gasteiger charge is -2.06. The number of Topliss-reactive ketones (excluding diaryl/α,β-unsaturated/α-hetero) is 1. The lowest BCUT2D eigenvalue weighted by atomic mass is 10.1. The van der Waals surface area contributed by atoms with Gasteiger partial charge < -0.3 is 9.47 Å². The molecule has 1 atom stereocenters. The van der Waals surface area contributed by atoms with Crippen molar-refractivity contribution in [3.63, 3.8) is 0 Å². The summed E-state index contributed by atoms with van der Waals surface area (Å²) in [7, 11) is 0. The van der Waals surface area contributed by atoms with Crippen LogP contribution in [0, 0.1) is 0 Å². The molecule has 0 radical (unpaired) electrons. The first-order valence-electron chi connectivity index (χ1n) is 6.79. The lowest BCUT2D eigenvalue weighted by molar-refractivity contribution is 0.0976. The Labute approximate surface area is 118 Å². The van der Waals surface area contributed by atoms with Crippen molar-refractivity contribution in [2.45, 2.75) is 18.9 Å². The van der Waals surface area contributed by atoms with Crippen LogP contribution in [0.5, 0.6) is 11.5 Å². The van der Waals surface area contributed by atoms with E-state index in [1.165, 1.54) is 0 Å². The maximum atomic E-state index is 12.0. The van der Waals surface area contributed by atoms with E-state index in [1.54, 1.807) is 0 Å². The minimum atomic E-state index is 0.159. The molecule has 2 aromatic rings. The van der Waals surface area contributed by atoms with Gasteiger partial charge in [-0.15, -0.1) is 0 Å². The molecular weight excluding hydrogens is 252 g/mol. The van der Waals surface area contributed by atoms with E-state index in [9.17, 15) is 4.79 Å². The van der Waals surface area contributed by atoms with E-state index < -0.39 is 0 Å². The molecule has 0 amide bonds. The van der Waals surface area contributed by atoms with Gasteiger partial charge in [-0.2, -0.15) is 0 Å². The van der Waals surface area contributed by atoms with Crippen LogP contribution < -0.4 is 4.74 Å². The Morgan fingerprint density at radius 2 is 1.70 bits per heavy atom. The van der Waals surface area contributed by atoms with E-state index in [1.807, 2.05) is 54.6 Å². The summed E-state index contributed by atoms with van der Waals surface area (Å²) in [6.45, 7) is 0.803. The molecule has 0 saturated carbocycles. The molecule has 3 rings (SSSR count). The van der Waals surface area contributed by atoms with E-state index in [4.69, 9.17) is 9.47 Å². The molecule has 0 spiro atoms. The van der Waals surface area contributed by atoms with E-state index in [-0.39, 0.29) is 5.78 Å². The van der Waals surface area contributed by atoms with Crippen molar-refractivity contribution in [1.29, 1.82) is 0 Å². The van der Waals surface area contributed by atoms with E-state index in [2.05, 4.69) is 0 Å². The average molecular weight is 268 g/mol. The molecule has 0 aromatic heterocycles. The van der Waals surface area contributed by atoms with Gasteiger partial charge in [0.15, 0.2) is 5.78 Å². The fourth-order valence-corrected chi connectivity index (χ4v) is 2.00. The number of epoxide rings is 1. The van der Waals surface area contributed by atoms with E-state index in [0.29, 0.717) is 12.5 Å². The van der Waals surface area contributed by atoms with Gasteiger partial charge in [0.2, 0.25) is 0 Å². The summed E-state index contributed by atoms with van der Waals surface area (Å²) in [5, 5.41) is 0. The Hall–Kier alpha value is -2.13. The molecule has 1 unspecified atom stereocenters. The van der Waals surface area contributed by atoms with E-state index in [0.717, 1.165) is 30.1 Å². The minimum Gasteiger partial charge on any atom is -0.457 e. The highest BCUT2D eigenvalue weighted by atomic mass is 16.6. The van der Waals surface area contributed by atoms with Crippen molar-refractivity contribution in [1.82, 2.24) is 0 Å². The lowest BCUT2D eigenvalue weighted by Crippen LogP contribution is -2.00. The van der Waals surface area contributed by atoms with Crippen LogP contribution >= 0.6 is 0 Å². The minimum absolute atomic E-state index is 0.159. The number of ketones is 1. The first-order chi connectivity index (χ1) is 9.81. The van der Waals surface area contributed by atoms with Crippen LogP contribution in [0.3, 0.4) is 0 Å². The summed E-state index contributed by atoms with van der Waals surface area (Å²) in [6, 6.07) is 16.9. The highest BCUT2D eigenvalue weighted by Gasteiger charge is 2.23. The van der Waals surface area contributed by atoms with Crippen LogP contribution in [0.4, 0.5) is 0 Å². The zero-order chi connectivity index (χ0) is 13.8. The molecule has 3 nitrogen and oxygen atoms in total. The van der Waals surface area contributed by atoms with Gasteiger partial charge >= 0.3 is 0 Å². The number of rotatable bonds is 6. The second-order valence-corrected chi connectivity index (χ2v) is 4.86. The molecule has 102 valence electrons. The molecule has 1 aliphatic heterocycles. The van der Waals surface area contributed by atoms with Crippen molar-refractivity contribution >= 4 is 5.78 Å². The predicted octanol–water partition coefficient (Wildman–Crippen LogP) is 3.84. The largest absolute Gasteiger partial charge is 0.457 e. The van der Waals surface area contributed by atoms with Crippen molar-refractivity contribution in [3.05, 3.63) is 60.2 Å². The monoisotopic (exact) mass is 268 g/mol. The number of carbonyl (C=O) groups excluding carboxylic acids is 1. The second kappa shape index (κ2) is 5.88. The third-order valence-electron chi connectivity index (χ3n) is 3.25. The van der Waals surface area contributed by atoms with Crippen molar-refractivity contribution in [3.8, 4) is 11.5 Å². The zero-order valence-corrected chi connectivity index (χ0v) is 11.1. The first-order valence-corrected chi connectivity index (χ1v) is 6.79. The molecular formula is C17H16O3. The fraction of sp³-hybridized carbons (Fsp3) is 0.235. The van der Waals surface area contributed by atoms with Crippen LogP contribution in [-0.4, -0.2) is 18.5 Å². The summed E-state index contributed by atoms with van der Waals surface area (Å²) >= 11 is 0. The van der Waals surface area contributed by atoms with Crippen molar-refractivity contribution in [2.75, 3.05) is 6.61 Å². The van der Waals surface area contributed by atoms with Crippen LogP contribution in [0.1, 0.15) is 23.2 Å². The third-order valence-corrected chi connectivity index (χ3v) is 3.25. The molecule has 0 N–H and O–H groups in total. The summed E-state index contributed by atoms with van der Waals surface area (Å²) in [4.78, 5) is 12.0. The number of carbonyl (C=O) groups is 1. The van der Waals surface area contributed by atoms with Gasteiger partial charge in [0.05, 0.1) is 12.7 Å². The number of hydrogen-bond acceptors (Lipinski definition) is 3. The highest BCUT2D eigenvalue weighted by Crippen LogP contribution is 2.22. The quantitative estimate of drug-likeness (QED) is 0.590. The molecule has 3 heteroatoms. The Kier molecular flexibility index (Phi) is 3.79. The number of para-hydroxylation sites is 1. The highest BCUT2D eigenvalue weighted by molar-refractivity contribution is 5.96. The van der Waals surface area contributed by atoms with Crippen LogP contribution in [-0.2, 0) is 4.74 Å². The molecule has 2 aromatic carbocycles. The standard InChI is InChI=1S/C17H16O3/c18-17(11-10-16-12-19-16)13-6-8-15(9-7-13)20-14-4-2-1-3-5-14/h1-9,16H,10-12H2.